The van der Waals surface area contributed by atoms with Crippen molar-refractivity contribution >= 4 is 16.1 Å². The highest BCUT2D eigenvalue weighted by Gasteiger charge is 2.13. The lowest BCUT2D eigenvalue weighted by molar-refractivity contribution is -0.128. The fraction of sp³-hybridized carbons (Fsp3) is 0.571. The van der Waals surface area contributed by atoms with Crippen molar-refractivity contribution in [2.45, 2.75) is 19.8 Å². The minimum Gasteiger partial charge on any atom is -0.342 e. The molecule has 0 aliphatic heterocycles. The van der Waals surface area contributed by atoms with E-state index in [1.807, 2.05) is 6.92 Å². The first-order chi connectivity index (χ1) is 5.52. The van der Waals surface area contributed by atoms with Gasteiger partial charge in [0.1, 0.15) is 0 Å². The van der Waals surface area contributed by atoms with E-state index in [1.165, 1.54) is 0 Å². The molecular weight excluding hydrogens is 180 g/mol. The summed E-state index contributed by atoms with van der Waals surface area (Å²) in [5.41, 5.74) is 0. The van der Waals surface area contributed by atoms with Gasteiger partial charge in [0, 0.05) is 6.08 Å². The van der Waals surface area contributed by atoms with Crippen LogP contribution in [0.1, 0.15) is 19.8 Å². The summed E-state index contributed by atoms with van der Waals surface area (Å²) in [6.45, 7) is 4.94. The van der Waals surface area contributed by atoms with Gasteiger partial charge in [0.05, 0.1) is 5.75 Å². The van der Waals surface area contributed by atoms with E-state index in [2.05, 4.69) is 10.8 Å². The average molecular weight is 192 g/mol. The van der Waals surface area contributed by atoms with E-state index in [0.29, 0.717) is 6.42 Å². The van der Waals surface area contributed by atoms with Crippen molar-refractivity contribution in [1.82, 2.24) is 0 Å². The Morgan fingerprint density at radius 2 is 2.17 bits per heavy atom. The monoisotopic (exact) mass is 192 g/mol. The number of rotatable bonds is 5. The van der Waals surface area contributed by atoms with E-state index in [0.717, 1.165) is 12.5 Å². The van der Waals surface area contributed by atoms with E-state index in [-0.39, 0.29) is 5.75 Å². The zero-order chi connectivity index (χ0) is 9.61. The van der Waals surface area contributed by atoms with Gasteiger partial charge in [-0.15, -0.1) is 0 Å². The zero-order valence-corrected chi connectivity index (χ0v) is 7.76. The van der Waals surface area contributed by atoms with Crippen LogP contribution >= 0.6 is 0 Å². The lowest BCUT2D eigenvalue weighted by Crippen LogP contribution is -2.14. The van der Waals surface area contributed by atoms with Crippen LogP contribution in [0, 0.1) is 0 Å². The van der Waals surface area contributed by atoms with E-state index >= 15 is 0 Å². The van der Waals surface area contributed by atoms with Crippen LogP contribution in [0.3, 0.4) is 0 Å². The number of carbonyl (C=O) groups excluding carboxylic acids is 1. The second-order valence-corrected chi connectivity index (χ2v) is 3.91. The van der Waals surface area contributed by atoms with Gasteiger partial charge in [-0.2, -0.15) is 8.42 Å². The highest BCUT2D eigenvalue weighted by atomic mass is 32.2. The second kappa shape index (κ2) is 4.92. The first-order valence-electron chi connectivity index (χ1n) is 3.60. The summed E-state index contributed by atoms with van der Waals surface area (Å²) in [4.78, 5) is 10.5. The predicted octanol–water partition coefficient (Wildman–Crippen LogP) is 0.846. The molecule has 0 saturated carbocycles. The molecule has 0 rings (SSSR count). The molecule has 0 aromatic heterocycles. The molecule has 4 nitrogen and oxygen atoms in total. The first-order valence-corrected chi connectivity index (χ1v) is 5.18. The van der Waals surface area contributed by atoms with E-state index in [9.17, 15) is 13.2 Å². The van der Waals surface area contributed by atoms with Gasteiger partial charge in [-0.05, 0) is 6.42 Å². The Morgan fingerprint density at radius 1 is 1.58 bits per heavy atom. The van der Waals surface area contributed by atoms with Gasteiger partial charge in [0.2, 0.25) is 0 Å². The number of hydrogen-bond acceptors (Lipinski definition) is 4. The number of hydrogen-bond donors (Lipinski definition) is 0. The summed E-state index contributed by atoms with van der Waals surface area (Å²) in [5, 5.41) is 0. The third kappa shape index (κ3) is 4.90. The minimum atomic E-state index is -3.68. The molecule has 0 atom stereocenters. The summed E-state index contributed by atoms with van der Waals surface area (Å²) in [7, 11) is -3.68. The van der Waals surface area contributed by atoms with Crippen LogP contribution in [0.5, 0.6) is 0 Å². The Bertz CT molecular complexity index is 253. The van der Waals surface area contributed by atoms with Crippen LogP contribution in [0.15, 0.2) is 12.7 Å². The molecule has 0 fully saturated rings. The van der Waals surface area contributed by atoms with Gasteiger partial charge in [0.25, 0.3) is 0 Å². The van der Waals surface area contributed by atoms with E-state index in [1.54, 1.807) is 0 Å². The molecule has 5 heteroatoms. The lowest BCUT2D eigenvalue weighted by atomic mass is 10.4. The van der Waals surface area contributed by atoms with Gasteiger partial charge in [-0.3, -0.25) is 0 Å². The SMILES string of the molecule is C=CC(=O)OS(=O)(=O)CCCC. The van der Waals surface area contributed by atoms with Crippen molar-refractivity contribution in [2.75, 3.05) is 5.75 Å². The fourth-order valence-electron chi connectivity index (χ4n) is 0.522. The summed E-state index contributed by atoms with van der Waals surface area (Å²) in [5.74, 6) is -1.05. The Morgan fingerprint density at radius 3 is 2.58 bits per heavy atom. The minimum absolute atomic E-state index is 0.122. The largest absolute Gasteiger partial charge is 0.345 e. The van der Waals surface area contributed by atoms with Gasteiger partial charge >= 0.3 is 16.1 Å². The quantitative estimate of drug-likeness (QED) is 0.478. The van der Waals surface area contributed by atoms with Crippen molar-refractivity contribution in [3.8, 4) is 0 Å². The molecular formula is C7H12O4S. The van der Waals surface area contributed by atoms with Crippen LogP contribution in [-0.4, -0.2) is 20.1 Å². The molecule has 0 N–H and O–H groups in total. The molecule has 0 aliphatic carbocycles. The third-order valence-corrected chi connectivity index (χ3v) is 2.33. The highest BCUT2D eigenvalue weighted by molar-refractivity contribution is 7.87. The summed E-state index contributed by atoms with van der Waals surface area (Å²) >= 11 is 0. The molecule has 0 radical (unpaired) electrons. The van der Waals surface area contributed by atoms with Crippen LogP contribution < -0.4 is 0 Å². The van der Waals surface area contributed by atoms with Crippen molar-refractivity contribution in [1.29, 1.82) is 0 Å². The number of carbonyl (C=O) groups is 1. The molecule has 0 aliphatic rings. The van der Waals surface area contributed by atoms with E-state index < -0.39 is 16.1 Å². The van der Waals surface area contributed by atoms with Gasteiger partial charge in [-0.25, -0.2) is 4.79 Å². The zero-order valence-electron chi connectivity index (χ0n) is 6.95. The van der Waals surface area contributed by atoms with Gasteiger partial charge in [0.15, 0.2) is 0 Å². The summed E-state index contributed by atoms with van der Waals surface area (Å²) in [6, 6.07) is 0. The van der Waals surface area contributed by atoms with Crippen molar-refractivity contribution in [2.24, 2.45) is 0 Å². The first kappa shape index (κ1) is 11.2. The standard InChI is InChI=1S/C7H12O4S/c1-3-5-6-12(9,10)11-7(8)4-2/h4H,2-3,5-6H2,1H3. The lowest BCUT2D eigenvalue weighted by Gasteiger charge is -2.00. The molecule has 0 unspecified atom stereocenters. The molecule has 0 aromatic rings. The molecule has 0 amide bonds. The van der Waals surface area contributed by atoms with Crippen molar-refractivity contribution in [3.63, 3.8) is 0 Å². The molecule has 12 heavy (non-hydrogen) atoms. The molecule has 0 spiro atoms. The molecule has 0 aromatic carbocycles. The van der Waals surface area contributed by atoms with Crippen LogP contribution in [0.25, 0.3) is 0 Å². The van der Waals surface area contributed by atoms with Crippen LogP contribution in [0.2, 0.25) is 0 Å². The predicted molar refractivity (Wildman–Crippen MR) is 45.0 cm³/mol. The van der Waals surface area contributed by atoms with Crippen molar-refractivity contribution < 1.29 is 17.4 Å². The average Bonchev–Trinajstić information content (AvgIpc) is 2.00. The Kier molecular flexibility index (Phi) is 4.58. The highest BCUT2D eigenvalue weighted by Crippen LogP contribution is 1.99. The van der Waals surface area contributed by atoms with E-state index in [4.69, 9.17) is 0 Å². The Labute approximate surface area is 72.3 Å². The fourth-order valence-corrected chi connectivity index (χ4v) is 1.57. The maximum Gasteiger partial charge on any atom is 0.345 e. The molecule has 0 bridgehead atoms. The Balaban J connectivity index is 4.05. The van der Waals surface area contributed by atoms with Crippen LogP contribution in [0.4, 0.5) is 0 Å². The molecule has 0 saturated heterocycles. The van der Waals surface area contributed by atoms with Gasteiger partial charge in [-0.1, -0.05) is 19.9 Å². The van der Waals surface area contributed by atoms with Crippen LogP contribution in [-0.2, 0) is 19.1 Å². The summed E-state index contributed by atoms with van der Waals surface area (Å²) in [6.07, 6.45) is 2.06. The maximum absolute atomic E-state index is 10.9. The third-order valence-electron chi connectivity index (χ3n) is 1.12. The maximum atomic E-state index is 10.9. The molecule has 70 valence electrons. The smallest absolute Gasteiger partial charge is 0.342 e. The normalized spacial score (nSPS) is 10.8. The number of unbranched alkanes of at least 4 members (excludes halogenated alkanes) is 1. The summed E-state index contributed by atoms with van der Waals surface area (Å²) < 4.78 is 25.8. The van der Waals surface area contributed by atoms with Crippen molar-refractivity contribution in [3.05, 3.63) is 12.7 Å². The molecule has 0 heterocycles. The van der Waals surface area contributed by atoms with Gasteiger partial charge < -0.3 is 4.18 Å². The Hall–Kier alpha value is -0.840. The topological polar surface area (TPSA) is 60.4 Å². The second-order valence-electron chi connectivity index (χ2n) is 2.22.